The first-order valence-electron chi connectivity index (χ1n) is 21.6. The van der Waals surface area contributed by atoms with Crippen molar-refractivity contribution in [1.29, 1.82) is 0 Å². The molecule has 4 aromatic carbocycles. The molecular weight excluding hydrogens is 753 g/mol. The number of allylic oxidation sites excluding steroid dienone is 2. The molecule has 3 aliphatic rings. The van der Waals surface area contributed by atoms with Gasteiger partial charge in [-0.2, -0.15) is 0 Å². The van der Waals surface area contributed by atoms with E-state index in [1.807, 2.05) is 6.07 Å². The van der Waals surface area contributed by atoms with Crippen LogP contribution in [0.25, 0.3) is 16.7 Å². The Bertz CT molecular complexity index is 2880. The van der Waals surface area contributed by atoms with Gasteiger partial charge in [-0.1, -0.05) is 129 Å². The summed E-state index contributed by atoms with van der Waals surface area (Å²) in [6.07, 6.45) is 7.30. The highest BCUT2D eigenvalue weighted by molar-refractivity contribution is 6.30. The largest absolute Gasteiger partial charge is 0.491 e. The van der Waals surface area contributed by atoms with Crippen LogP contribution in [-0.2, 0) is 21.4 Å². The van der Waals surface area contributed by atoms with Crippen molar-refractivity contribution in [3.8, 4) is 5.75 Å². The number of ether oxygens (including phenoxy) is 3. The fraction of sp³-hybridized carbons (Fsp3) is 0.204. The van der Waals surface area contributed by atoms with Crippen LogP contribution in [0.4, 0.5) is 0 Å². The van der Waals surface area contributed by atoms with Crippen LogP contribution in [0.2, 0.25) is 0 Å². The zero-order chi connectivity index (χ0) is 41.0. The normalized spacial score (nSPS) is 21.0. The Morgan fingerprint density at radius 1 is 0.607 bits per heavy atom. The molecule has 0 saturated heterocycles. The molecule has 10 rings (SSSR count). The van der Waals surface area contributed by atoms with Gasteiger partial charge in [0.2, 0.25) is 0 Å². The molecule has 1 atom stereocenters. The van der Waals surface area contributed by atoms with Crippen LogP contribution in [0.3, 0.4) is 0 Å². The van der Waals surface area contributed by atoms with E-state index in [0.29, 0.717) is 39.6 Å². The topological polar surface area (TPSA) is 76.6 Å². The summed E-state index contributed by atoms with van der Waals surface area (Å²) in [4.78, 5) is 13.6. The molecule has 0 unspecified atom stereocenters. The number of fused-ring (bicyclic) bond motifs is 7. The van der Waals surface area contributed by atoms with E-state index in [1.165, 1.54) is 11.3 Å². The van der Waals surface area contributed by atoms with Crippen LogP contribution >= 0.6 is 0 Å². The van der Waals surface area contributed by atoms with Crippen molar-refractivity contribution < 1.29 is 14.2 Å². The van der Waals surface area contributed by atoms with Gasteiger partial charge in [0, 0.05) is 56.6 Å². The van der Waals surface area contributed by atoms with Crippen molar-refractivity contribution in [1.82, 2.24) is 14.5 Å². The van der Waals surface area contributed by atoms with E-state index in [-0.39, 0.29) is 0 Å². The quantitative estimate of drug-likeness (QED) is 0.176. The molecule has 6 heterocycles. The molecule has 0 spiro atoms. The monoisotopic (exact) mass is 802 g/mol. The van der Waals surface area contributed by atoms with E-state index in [2.05, 4.69) is 179 Å². The summed E-state index contributed by atoms with van der Waals surface area (Å²) in [5.41, 5.74) is 13.2. The van der Waals surface area contributed by atoms with Gasteiger partial charge in [-0.25, -0.2) is 4.99 Å². The molecule has 7 nitrogen and oxygen atoms in total. The lowest BCUT2D eigenvalue weighted by molar-refractivity contribution is 0.0336. The standard InChI is InChI=1S/C54H50N4O3/c1-2-3-31-54(40-19-11-6-12-20-40)49-29-27-45(57-49)52(39-17-9-5-10-18-39)44-24-23-42(55-44)51(38-15-7-4-8-16-38)43-25-26-46(56-43)53-41-21-13-14-22-48(41)61-37-36-60-35-34-59-33-32-58-47(53)28-30-50(54)58/h4-30,55,57H,2-3,31-37H2,1H3/b51-42-,52-44-,53-46-/t54-/m1/s1. The van der Waals surface area contributed by atoms with E-state index in [9.17, 15) is 0 Å². The molecule has 61 heavy (non-hydrogen) atoms. The predicted molar refractivity (Wildman–Crippen MR) is 244 cm³/mol. The summed E-state index contributed by atoms with van der Waals surface area (Å²) >= 11 is 0. The zero-order valence-electron chi connectivity index (χ0n) is 34.6. The lowest BCUT2D eigenvalue weighted by Crippen LogP contribution is -2.34. The summed E-state index contributed by atoms with van der Waals surface area (Å²) in [6, 6.07) is 54.3. The fourth-order valence-corrected chi connectivity index (χ4v) is 9.43. The van der Waals surface area contributed by atoms with Crippen LogP contribution in [0.15, 0.2) is 175 Å². The van der Waals surface area contributed by atoms with Crippen molar-refractivity contribution in [2.24, 2.45) is 4.99 Å². The Balaban J connectivity index is 1.37. The molecule has 0 saturated carbocycles. The maximum Gasteiger partial charge on any atom is 0.127 e. The first kappa shape index (κ1) is 38.5. The number of benzene rings is 4. The van der Waals surface area contributed by atoms with Crippen molar-refractivity contribution in [3.05, 3.63) is 225 Å². The summed E-state index contributed by atoms with van der Waals surface area (Å²) in [5, 5.41) is 2.01. The molecule has 0 radical (unpaired) electrons. The van der Waals surface area contributed by atoms with Gasteiger partial charge in [0.05, 0.1) is 48.9 Å². The van der Waals surface area contributed by atoms with Crippen molar-refractivity contribution in [2.45, 2.75) is 38.1 Å². The highest BCUT2D eigenvalue weighted by atomic mass is 16.5. The Morgan fingerprint density at radius 2 is 1.28 bits per heavy atom. The average molecular weight is 803 g/mol. The molecule has 0 fully saturated rings. The minimum absolute atomic E-state index is 0.419. The summed E-state index contributed by atoms with van der Waals surface area (Å²) in [5.74, 6) is 0.794. The Kier molecular flexibility index (Phi) is 10.8. The van der Waals surface area contributed by atoms with E-state index >= 15 is 0 Å². The molecule has 3 aromatic heterocycles. The van der Waals surface area contributed by atoms with Crippen LogP contribution in [-0.4, -0.2) is 53.3 Å². The van der Waals surface area contributed by atoms with Gasteiger partial charge in [0.25, 0.3) is 0 Å². The molecule has 2 N–H and O–H groups in total. The third-order valence-corrected chi connectivity index (χ3v) is 12.2. The minimum Gasteiger partial charge on any atom is -0.491 e. The van der Waals surface area contributed by atoms with Gasteiger partial charge in [-0.3, -0.25) is 0 Å². The van der Waals surface area contributed by atoms with E-state index in [4.69, 9.17) is 19.2 Å². The molecule has 304 valence electrons. The maximum absolute atomic E-state index is 6.56. The van der Waals surface area contributed by atoms with E-state index in [0.717, 1.165) is 97.6 Å². The van der Waals surface area contributed by atoms with Gasteiger partial charge >= 0.3 is 0 Å². The summed E-state index contributed by atoms with van der Waals surface area (Å²) in [6.45, 7) is 5.32. The van der Waals surface area contributed by atoms with Crippen molar-refractivity contribution in [2.75, 3.05) is 33.0 Å². The van der Waals surface area contributed by atoms with E-state index < -0.39 is 5.41 Å². The molecule has 10 bridgehead atoms. The number of H-pyrrole nitrogens is 2. The average Bonchev–Trinajstić information content (AvgIpc) is 4.15. The third-order valence-electron chi connectivity index (χ3n) is 12.2. The number of aliphatic imine (C=N–C) groups is 1. The second-order valence-corrected chi connectivity index (χ2v) is 15.8. The Hall–Kier alpha value is -6.67. The first-order chi connectivity index (χ1) is 30.2. The van der Waals surface area contributed by atoms with Gasteiger partial charge < -0.3 is 28.7 Å². The molecule has 3 aliphatic heterocycles. The number of para-hydroxylation sites is 1. The Labute approximate surface area is 357 Å². The van der Waals surface area contributed by atoms with Gasteiger partial charge in [0.1, 0.15) is 12.4 Å². The van der Waals surface area contributed by atoms with Crippen LogP contribution < -0.4 is 15.4 Å². The number of rotatable bonds is 6. The lowest BCUT2D eigenvalue weighted by atomic mass is 9.71. The number of aromatic nitrogens is 3. The first-order valence-corrected chi connectivity index (χ1v) is 21.6. The summed E-state index contributed by atoms with van der Waals surface area (Å²) in [7, 11) is 0. The number of aromatic amines is 2. The second kappa shape index (κ2) is 17.1. The zero-order valence-corrected chi connectivity index (χ0v) is 34.6. The summed E-state index contributed by atoms with van der Waals surface area (Å²) < 4.78 is 21.4. The van der Waals surface area contributed by atoms with Crippen LogP contribution in [0, 0.1) is 0 Å². The molecule has 7 heteroatoms. The van der Waals surface area contributed by atoms with Crippen LogP contribution in [0.5, 0.6) is 5.75 Å². The van der Waals surface area contributed by atoms with Gasteiger partial charge in [-0.05, 0) is 77.7 Å². The predicted octanol–water partition coefficient (Wildman–Crippen LogP) is 9.32. The molecule has 0 amide bonds. The van der Waals surface area contributed by atoms with Gasteiger partial charge in [-0.15, -0.1) is 0 Å². The number of hydrogen-bond acceptors (Lipinski definition) is 4. The maximum atomic E-state index is 6.56. The number of hydrogen-bond donors (Lipinski definition) is 2. The van der Waals surface area contributed by atoms with Crippen molar-refractivity contribution >= 4 is 22.4 Å². The highest BCUT2D eigenvalue weighted by Crippen LogP contribution is 2.46. The second-order valence-electron chi connectivity index (χ2n) is 15.8. The van der Waals surface area contributed by atoms with Gasteiger partial charge in [0.15, 0.2) is 0 Å². The van der Waals surface area contributed by atoms with E-state index in [1.54, 1.807) is 0 Å². The number of nitrogens with zero attached hydrogens (tertiary/aromatic N) is 2. The number of nitrogens with one attached hydrogen (secondary N) is 2. The smallest absolute Gasteiger partial charge is 0.127 e. The highest BCUT2D eigenvalue weighted by Gasteiger charge is 2.41. The third kappa shape index (κ3) is 7.24. The van der Waals surface area contributed by atoms with Crippen molar-refractivity contribution in [3.63, 3.8) is 0 Å². The number of unbranched alkanes of at least 4 members (excludes halogenated alkanes) is 1. The van der Waals surface area contributed by atoms with Crippen LogP contribution in [0.1, 0.15) is 71.2 Å². The molecular formula is C54H50N4O3. The fourth-order valence-electron chi connectivity index (χ4n) is 9.43. The Morgan fingerprint density at radius 3 is 2.05 bits per heavy atom. The lowest BCUT2D eigenvalue weighted by Gasteiger charge is -2.36. The molecule has 0 aliphatic carbocycles. The molecule has 7 aromatic rings. The SMILES string of the molecule is CCCC[C@@]1(c2ccccc2)c2ccc([nH]2)/C(c2ccccc2)=c2/cc/c([nH]2)=C(\c2ccccc2)C2=N/C(=C3/c4ccccc4OCCOCCOCCn4c3ccc41)C=C2. The minimum atomic E-state index is -0.553.